The van der Waals surface area contributed by atoms with Gasteiger partial charge in [0, 0.05) is 30.0 Å². The van der Waals surface area contributed by atoms with Gasteiger partial charge < -0.3 is 10.6 Å². The van der Waals surface area contributed by atoms with Crippen LogP contribution in [-0.4, -0.2) is 34.6 Å². The predicted octanol–water partition coefficient (Wildman–Crippen LogP) is 1.77. The van der Waals surface area contributed by atoms with Crippen molar-refractivity contribution in [2.45, 2.75) is 0 Å². The van der Waals surface area contributed by atoms with Crippen molar-refractivity contribution in [2.24, 2.45) is 0 Å². The van der Waals surface area contributed by atoms with E-state index in [1.807, 2.05) is 36.0 Å². The zero-order valence-electron chi connectivity index (χ0n) is 9.47. The molecule has 1 aliphatic rings. The summed E-state index contributed by atoms with van der Waals surface area (Å²) in [6.45, 7) is 2.00. The number of nitrogen functional groups attached to an aromatic ring is 1. The Morgan fingerprint density at radius 1 is 1.12 bits per heavy atom. The lowest BCUT2D eigenvalue weighted by Crippen LogP contribution is -2.33. The number of rotatable bonds is 1. The molecular formula is C12H14N4S. The molecular weight excluding hydrogens is 232 g/mol. The molecule has 0 aliphatic carbocycles. The molecule has 3 rings (SSSR count). The van der Waals surface area contributed by atoms with E-state index >= 15 is 0 Å². The Bertz CT molecular complexity index is 537. The molecule has 0 saturated carbocycles. The Morgan fingerprint density at radius 3 is 2.71 bits per heavy atom. The van der Waals surface area contributed by atoms with Crippen molar-refractivity contribution >= 4 is 34.4 Å². The maximum Gasteiger partial charge on any atom is 0.227 e. The average molecular weight is 246 g/mol. The number of nitrogens with two attached hydrogens (primary N) is 1. The topological polar surface area (TPSA) is 55.0 Å². The van der Waals surface area contributed by atoms with Crippen molar-refractivity contribution in [3.8, 4) is 0 Å². The van der Waals surface area contributed by atoms with E-state index in [-0.39, 0.29) is 0 Å². The van der Waals surface area contributed by atoms with Crippen molar-refractivity contribution in [2.75, 3.05) is 35.2 Å². The van der Waals surface area contributed by atoms with Crippen LogP contribution in [0.5, 0.6) is 0 Å². The zero-order chi connectivity index (χ0) is 11.7. The van der Waals surface area contributed by atoms with Crippen LogP contribution in [0.25, 0.3) is 10.9 Å². The fourth-order valence-electron chi connectivity index (χ4n) is 1.99. The smallest absolute Gasteiger partial charge is 0.227 e. The quantitative estimate of drug-likeness (QED) is 0.831. The van der Waals surface area contributed by atoms with E-state index in [9.17, 15) is 0 Å². The molecule has 0 bridgehead atoms. The van der Waals surface area contributed by atoms with Crippen molar-refractivity contribution in [3.63, 3.8) is 0 Å². The lowest BCUT2D eigenvalue weighted by molar-refractivity contribution is 0.821. The molecule has 0 spiro atoms. The standard InChI is InChI=1S/C12H14N4S/c13-11-9-3-1-2-4-10(9)14-12(15-11)16-5-7-17-8-6-16/h1-4H,5-8H2,(H2,13,14,15). The van der Waals surface area contributed by atoms with Crippen molar-refractivity contribution < 1.29 is 0 Å². The fraction of sp³-hybridized carbons (Fsp3) is 0.333. The largest absolute Gasteiger partial charge is 0.383 e. The van der Waals surface area contributed by atoms with Crippen LogP contribution in [-0.2, 0) is 0 Å². The summed E-state index contributed by atoms with van der Waals surface area (Å²) in [6, 6.07) is 7.87. The number of para-hydroxylation sites is 1. The van der Waals surface area contributed by atoms with E-state index < -0.39 is 0 Å². The third-order valence-electron chi connectivity index (χ3n) is 2.91. The summed E-state index contributed by atoms with van der Waals surface area (Å²) >= 11 is 1.97. The summed E-state index contributed by atoms with van der Waals surface area (Å²) in [5.41, 5.74) is 6.90. The number of benzene rings is 1. The molecule has 1 aromatic carbocycles. The van der Waals surface area contributed by atoms with Crippen LogP contribution >= 0.6 is 11.8 Å². The summed E-state index contributed by atoms with van der Waals surface area (Å²) < 4.78 is 0. The molecule has 4 nitrogen and oxygen atoms in total. The second-order valence-electron chi connectivity index (χ2n) is 4.03. The first-order valence-electron chi connectivity index (χ1n) is 5.69. The van der Waals surface area contributed by atoms with Crippen molar-refractivity contribution in [1.29, 1.82) is 0 Å². The van der Waals surface area contributed by atoms with E-state index in [0.717, 1.165) is 41.4 Å². The first-order chi connectivity index (χ1) is 8.34. The summed E-state index contributed by atoms with van der Waals surface area (Å²) in [5.74, 6) is 3.61. The first-order valence-corrected chi connectivity index (χ1v) is 6.85. The minimum Gasteiger partial charge on any atom is -0.383 e. The van der Waals surface area contributed by atoms with Gasteiger partial charge in [-0.2, -0.15) is 16.7 Å². The molecule has 2 heterocycles. The monoisotopic (exact) mass is 246 g/mol. The molecule has 17 heavy (non-hydrogen) atoms. The number of hydrogen-bond donors (Lipinski definition) is 1. The van der Waals surface area contributed by atoms with Gasteiger partial charge >= 0.3 is 0 Å². The molecule has 1 saturated heterocycles. The van der Waals surface area contributed by atoms with Gasteiger partial charge in [-0.3, -0.25) is 0 Å². The average Bonchev–Trinajstić information content (AvgIpc) is 2.40. The summed E-state index contributed by atoms with van der Waals surface area (Å²) in [5, 5.41) is 0.933. The van der Waals surface area contributed by atoms with Crippen molar-refractivity contribution in [3.05, 3.63) is 24.3 Å². The highest BCUT2D eigenvalue weighted by molar-refractivity contribution is 7.99. The predicted molar refractivity (Wildman–Crippen MR) is 73.5 cm³/mol. The molecule has 2 N–H and O–H groups in total. The first kappa shape index (κ1) is 10.7. The van der Waals surface area contributed by atoms with Gasteiger partial charge in [-0.25, -0.2) is 4.98 Å². The Kier molecular flexibility index (Phi) is 2.76. The van der Waals surface area contributed by atoms with E-state index in [1.54, 1.807) is 0 Å². The van der Waals surface area contributed by atoms with E-state index in [2.05, 4.69) is 14.9 Å². The Labute approximate surface area is 104 Å². The van der Waals surface area contributed by atoms with Gasteiger partial charge in [0.05, 0.1) is 5.52 Å². The van der Waals surface area contributed by atoms with Crippen LogP contribution in [0.15, 0.2) is 24.3 Å². The van der Waals surface area contributed by atoms with E-state index in [1.165, 1.54) is 0 Å². The van der Waals surface area contributed by atoms with Gasteiger partial charge in [0.15, 0.2) is 0 Å². The Morgan fingerprint density at radius 2 is 1.88 bits per heavy atom. The Balaban J connectivity index is 2.05. The summed E-state index contributed by atoms with van der Waals surface area (Å²) in [4.78, 5) is 11.2. The van der Waals surface area contributed by atoms with Crippen LogP contribution in [0, 0.1) is 0 Å². The maximum absolute atomic E-state index is 5.98. The molecule has 1 aromatic heterocycles. The third-order valence-corrected chi connectivity index (χ3v) is 3.86. The van der Waals surface area contributed by atoms with Crippen LogP contribution in [0.4, 0.5) is 11.8 Å². The molecule has 88 valence electrons. The molecule has 0 atom stereocenters. The van der Waals surface area contributed by atoms with E-state index in [4.69, 9.17) is 5.73 Å². The van der Waals surface area contributed by atoms with Crippen LogP contribution in [0.2, 0.25) is 0 Å². The lowest BCUT2D eigenvalue weighted by atomic mass is 10.2. The maximum atomic E-state index is 5.98. The molecule has 1 fully saturated rings. The number of nitrogens with zero attached hydrogens (tertiary/aromatic N) is 3. The molecule has 0 unspecified atom stereocenters. The highest BCUT2D eigenvalue weighted by Crippen LogP contribution is 2.22. The van der Waals surface area contributed by atoms with Gasteiger partial charge in [-0.05, 0) is 12.1 Å². The summed E-state index contributed by atoms with van der Waals surface area (Å²) in [6.07, 6.45) is 0. The molecule has 0 radical (unpaired) electrons. The minimum atomic E-state index is 0.573. The highest BCUT2D eigenvalue weighted by Gasteiger charge is 2.15. The number of hydrogen-bond acceptors (Lipinski definition) is 5. The van der Waals surface area contributed by atoms with Gasteiger partial charge in [0.2, 0.25) is 5.95 Å². The highest BCUT2D eigenvalue weighted by atomic mass is 32.2. The van der Waals surface area contributed by atoms with Crippen LogP contribution in [0.1, 0.15) is 0 Å². The minimum absolute atomic E-state index is 0.573. The molecule has 1 aliphatic heterocycles. The molecule has 2 aromatic rings. The number of anilines is 2. The van der Waals surface area contributed by atoms with Crippen LogP contribution in [0.3, 0.4) is 0 Å². The number of aromatic nitrogens is 2. The second kappa shape index (κ2) is 4.41. The number of thioether (sulfide) groups is 1. The van der Waals surface area contributed by atoms with Gasteiger partial charge in [-0.15, -0.1) is 0 Å². The molecule has 0 amide bonds. The van der Waals surface area contributed by atoms with Crippen molar-refractivity contribution in [1.82, 2.24) is 9.97 Å². The van der Waals surface area contributed by atoms with Gasteiger partial charge in [0.1, 0.15) is 5.82 Å². The summed E-state index contributed by atoms with van der Waals surface area (Å²) in [7, 11) is 0. The zero-order valence-corrected chi connectivity index (χ0v) is 10.3. The SMILES string of the molecule is Nc1nc(N2CCSCC2)nc2ccccc12. The van der Waals surface area contributed by atoms with E-state index in [0.29, 0.717) is 5.82 Å². The molecule has 5 heteroatoms. The van der Waals surface area contributed by atoms with Crippen LogP contribution < -0.4 is 10.6 Å². The second-order valence-corrected chi connectivity index (χ2v) is 5.25. The van der Waals surface area contributed by atoms with Gasteiger partial charge in [-0.1, -0.05) is 12.1 Å². The van der Waals surface area contributed by atoms with Gasteiger partial charge in [0.25, 0.3) is 0 Å². The third kappa shape index (κ3) is 2.02. The Hall–Kier alpha value is -1.49. The lowest BCUT2D eigenvalue weighted by Gasteiger charge is -2.26. The fourth-order valence-corrected chi connectivity index (χ4v) is 2.90. The number of fused-ring (bicyclic) bond motifs is 1. The normalized spacial score (nSPS) is 16.4.